The second-order valence-electron chi connectivity index (χ2n) is 7.92. The number of halogens is 6. The van der Waals surface area contributed by atoms with Crippen molar-refractivity contribution in [1.29, 1.82) is 0 Å². The van der Waals surface area contributed by atoms with Gasteiger partial charge in [-0.1, -0.05) is 18.2 Å². The van der Waals surface area contributed by atoms with Crippen molar-refractivity contribution in [1.82, 2.24) is 13.9 Å². The van der Waals surface area contributed by atoms with Crippen LogP contribution in [0.4, 0.5) is 26.3 Å². The summed E-state index contributed by atoms with van der Waals surface area (Å²) in [5.41, 5.74) is -1.19. The summed E-state index contributed by atoms with van der Waals surface area (Å²) in [7, 11) is -7.04. The summed E-state index contributed by atoms with van der Waals surface area (Å²) in [4.78, 5) is 7.39. The molecular weight excluding hydrogens is 560 g/mol. The van der Waals surface area contributed by atoms with E-state index < -0.39 is 66.9 Å². The number of ether oxygens (including phenoxy) is 1. The van der Waals surface area contributed by atoms with Crippen molar-refractivity contribution in [3.8, 4) is 5.75 Å². The Morgan fingerprint density at radius 3 is 2.42 bits per heavy atom. The van der Waals surface area contributed by atoms with Gasteiger partial charge in [-0.2, -0.15) is 22.0 Å². The van der Waals surface area contributed by atoms with E-state index in [2.05, 4.69) is 14.7 Å². The SMILES string of the molecule is Cc1c(OC(F)(F)CF)ccnc1CS(=O)c1nc2ccccc2n1S(=O)(=O)c1cccc(C(F)(F)F)c1. The zero-order valence-corrected chi connectivity index (χ0v) is 20.9. The van der Waals surface area contributed by atoms with Crippen molar-refractivity contribution in [3.63, 3.8) is 0 Å². The minimum atomic E-state index is -4.82. The highest BCUT2D eigenvalue weighted by molar-refractivity contribution is 7.91. The highest BCUT2D eigenvalue weighted by Gasteiger charge is 2.35. The average Bonchev–Trinajstić information content (AvgIpc) is 3.27. The molecule has 4 rings (SSSR count). The van der Waals surface area contributed by atoms with E-state index >= 15 is 0 Å². The van der Waals surface area contributed by atoms with Crippen molar-refractivity contribution < 1.29 is 43.7 Å². The molecule has 0 radical (unpaired) electrons. The molecule has 0 saturated carbocycles. The van der Waals surface area contributed by atoms with E-state index in [9.17, 15) is 39.0 Å². The molecule has 0 bridgehead atoms. The topological polar surface area (TPSA) is 91.2 Å². The summed E-state index contributed by atoms with van der Waals surface area (Å²) in [5.74, 6) is -0.953. The van der Waals surface area contributed by atoms with Gasteiger partial charge in [-0.3, -0.25) is 9.19 Å². The first-order chi connectivity index (χ1) is 17.7. The number of benzene rings is 2. The first kappa shape index (κ1) is 27.6. The molecule has 0 saturated heterocycles. The molecule has 4 aromatic rings. The molecule has 2 heterocycles. The number of hydrogen-bond donors (Lipinski definition) is 0. The summed E-state index contributed by atoms with van der Waals surface area (Å²) in [5, 5.41) is -0.523. The van der Waals surface area contributed by atoms with E-state index in [1.807, 2.05) is 0 Å². The molecule has 0 fully saturated rings. The lowest BCUT2D eigenvalue weighted by atomic mass is 10.2. The molecule has 0 N–H and O–H groups in total. The number of para-hydroxylation sites is 2. The lowest BCUT2D eigenvalue weighted by Crippen LogP contribution is -2.27. The minimum absolute atomic E-state index is 0.00243. The van der Waals surface area contributed by atoms with Gasteiger partial charge in [0.05, 0.1) is 43.7 Å². The quantitative estimate of drug-likeness (QED) is 0.266. The van der Waals surface area contributed by atoms with Crippen LogP contribution in [0.1, 0.15) is 16.8 Å². The number of fused-ring (bicyclic) bond motifs is 1. The van der Waals surface area contributed by atoms with Gasteiger partial charge in [-0.15, -0.1) is 0 Å². The summed E-state index contributed by atoms with van der Waals surface area (Å²) < 4.78 is 125. The Morgan fingerprint density at radius 1 is 1.03 bits per heavy atom. The fourth-order valence-corrected chi connectivity index (χ4v) is 6.58. The molecule has 2 aromatic heterocycles. The Kier molecular flexibility index (Phi) is 7.27. The zero-order valence-electron chi connectivity index (χ0n) is 19.2. The van der Waals surface area contributed by atoms with Crippen molar-refractivity contribution in [2.24, 2.45) is 0 Å². The highest BCUT2D eigenvalue weighted by atomic mass is 32.2. The molecule has 0 spiro atoms. The molecule has 7 nitrogen and oxygen atoms in total. The lowest BCUT2D eigenvalue weighted by Gasteiger charge is -2.17. The fraction of sp³-hybridized carbons (Fsp3) is 0.217. The Bertz CT molecular complexity index is 1640. The number of hydrogen-bond acceptors (Lipinski definition) is 6. The molecule has 0 aliphatic heterocycles. The maximum atomic E-state index is 13.5. The van der Waals surface area contributed by atoms with Crippen molar-refractivity contribution in [3.05, 3.63) is 77.6 Å². The van der Waals surface area contributed by atoms with Crippen LogP contribution in [0.3, 0.4) is 0 Å². The predicted molar refractivity (Wildman–Crippen MR) is 124 cm³/mol. The van der Waals surface area contributed by atoms with Crippen LogP contribution in [0.2, 0.25) is 0 Å². The molecule has 1 atom stereocenters. The maximum Gasteiger partial charge on any atom is 0.427 e. The number of nitrogens with zero attached hydrogens (tertiary/aromatic N) is 3. The van der Waals surface area contributed by atoms with Crippen LogP contribution in [0.25, 0.3) is 11.0 Å². The minimum Gasteiger partial charge on any atom is -0.430 e. The molecule has 38 heavy (non-hydrogen) atoms. The molecule has 0 aliphatic carbocycles. The van der Waals surface area contributed by atoms with Crippen LogP contribution in [0.15, 0.2) is 70.8 Å². The van der Waals surface area contributed by atoms with Crippen LogP contribution in [-0.4, -0.2) is 39.4 Å². The van der Waals surface area contributed by atoms with E-state index in [4.69, 9.17) is 0 Å². The summed E-state index contributed by atoms with van der Waals surface area (Å²) in [6, 6.07) is 9.86. The Labute approximate surface area is 214 Å². The number of pyridine rings is 1. The highest BCUT2D eigenvalue weighted by Crippen LogP contribution is 2.33. The number of aromatic nitrogens is 3. The molecule has 1 unspecified atom stereocenters. The van der Waals surface area contributed by atoms with E-state index in [1.165, 1.54) is 31.2 Å². The van der Waals surface area contributed by atoms with Crippen LogP contribution in [0, 0.1) is 6.92 Å². The molecule has 2 aromatic carbocycles. The first-order valence-electron chi connectivity index (χ1n) is 10.6. The smallest absolute Gasteiger partial charge is 0.427 e. The number of imidazole rings is 1. The van der Waals surface area contributed by atoms with Gasteiger partial charge in [0.25, 0.3) is 10.0 Å². The zero-order chi connectivity index (χ0) is 27.9. The van der Waals surface area contributed by atoms with E-state index in [1.54, 1.807) is 0 Å². The average molecular weight is 578 g/mol. The third-order valence-corrected chi connectivity index (χ3v) is 8.37. The van der Waals surface area contributed by atoms with Gasteiger partial charge in [0.15, 0.2) is 6.67 Å². The monoisotopic (exact) mass is 577 g/mol. The number of rotatable bonds is 8. The van der Waals surface area contributed by atoms with Crippen LogP contribution < -0.4 is 4.74 Å². The largest absolute Gasteiger partial charge is 0.430 e. The van der Waals surface area contributed by atoms with Crippen LogP contribution in [-0.2, 0) is 32.8 Å². The van der Waals surface area contributed by atoms with Crippen LogP contribution >= 0.6 is 0 Å². The van der Waals surface area contributed by atoms with E-state index in [0.717, 1.165) is 24.4 Å². The van der Waals surface area contributed by atoms with Gasteiger partial charge in [0.2, 0.25) is 5.16 Å². The fourth-order valence-electron chi connectivity index (χ4n) is 3.49. The third kappa shape index (κ3) is 5.38. The first-order valence-corrected chi connectivity index (χ1v) is 13.4. The van der Waals surface area contributed by atoms with Gasteiger partial charge in [-0.25, -0.2) is 21.8 Å². The van der Waals surface area contributed by atoms with Crippen molar-refractivity contribution in [2.45, 2.75) is 35.0 Å². The van der Waals surface area contributed by atoms with Crippen molar-refractivity contribution >= 4 is 31.9 Å². The molecule has 0 aliphatic rings. The molecular formula is C23H17F6N3O4S2. The van der Waals surface area contributed by atoms with Gasteiger partial charge in [0.1, 0.15) is 5.75 Å². The van der Waals surface area contributed by atoms with E-state index in [0.29, 0.717) is 16.1 Å². The standard InChI is InChI=1S/C23H17F6N3O4S2/c1-14-18(30-10-9-20(14)36-22(25,26)13-24)12-37(33)21-31-17-7-2-3-8-19(17)32(21)38(34,35)16-6-4-5-15(11-16)23(27,28)29/h2-11H,12-13H2,1H3. The summed E-state index contributed by atoms with van der Waals surface area (Å²) in [6.45, 7) is -0.779. The second kappa shape index (κ2) is 10.0. The Morgan fingerprint density at radius 2 is 1.74 bits per heavy atom. The lowest BCUT2D eigenvalue weighted by molar-refractivity contribution is -0.186. The van der Waals surface area contributed by atoms with Crippen molar-refractivity contribution in [2.75, 3.05) is 6.67 Å². The molecule has 0 amide bonds. The Hall–Kier alpha value is -3.46. The number of alkyl halides is 6. The third-order valence-electron chi connectivity index (χ3n) is 5.33. The summed E-state index contributed by atoms with van der Waals surface area (Å²) in [6.07, 6.45) is -7.87. The van der Waals surface area contributed by atoms with Gasteiger partial charge in [0, 0.05) is 11.8 Å². The maximum absolute atomic E-state index is 13.5. The van der Waals surface area contributed by atoms with Crippen LogP contribution in [0.5, 0.6) is 5.75 Å². The van der Waals surface area contributed by atoms with Gasteiger partial charge < -0.3 is 4.74 Å². The van der Waals surface area contributed by atoms with E-state index in [-0.39, 0.29) is 22.3 Å². The second-order valence-corrected chi connectivity index (χ2v) is 11.1. The predicted octanol–water partition coefficient (Wildman–Crippen LogP) is 5.24. The molecule has 202 valence electrons. The van der Waals surface area contributed by atoms with Gasteiger partial charge in [-0.05, 0) is 43.3 Å². The summed E-state index contributed by atoms with van der Waals surface area (Å²) >= 11 is 0. The normalized spacial score (nSPS) is 13.6. The molecule has 15 heteroatoms. The Balaban J connectivity index is 1.80. The van der Waals surface area contributed by atoms with Gasteiger partial charge >= 0.3 is 12.3 Å².